The van der Waals surface area contributed by atoms with Crippen molar-refractivity contribution in [1.82, 2.24) is 50.2 Å². The molecule has 4 aromatic rings. The van der Waals surface area contributed by atoms with Crippen LogP contribution in [0.5, 0.6) is 0 Å². The number of aromatic amines is 2. The summed E-state index contributed by atoms with van der Waals surface area (Å²) in [5, 5.41) is 5.96. The molecule has 0 spiro atoms. The topological polar surface area (TPSA) is 181 Å². The van der Waals surface area contributed by atoms with Gasteiger partial charge in [0.15, 0.2) is 0 Å². The molecule has 0 saturated carbocycles. The third-order valence-electron chi connectivity index (χ3n) is 12.4. The molecule has 4 N–H and O–H groups in total. The monoisotopic (exact) mass is 858 g/mol. The second-order valence-electron chi connectivity index (χ2n) is 16.9. The molecule has 0 radical (unpaired) electrons. The van der Waals surface area contributed by atoms with Gasteiger partial charge in [-0.25, -0.2) is 19.6 Å². The maximum absolute atomic E-state index is 13.9. The van der Waals surface area contributed by atoms with E-state index in [4.69, 9.17) is 19.4 Å². The van der Waals surface area contributed by atoms with E-state index in [1.807, 2.05) is 85.3 Å². The Hall–Kier alpha value is -6.18. The number of hydrogen-bond acceptors (Lipinski definition) is 8. The largest absolute Gasteiger partial charge is 0.378 e. The van der Waals surface area contributed by atoms with Crippen molar-refractivity contribution in [1.29, 1.82) is 0 Å². The zero-order valence-electron chi connectivity index (χ0n) is 36.4. The number of carbonyl (C=O) groups excluding carboxylic acids is 4. The first-order valence-electron chi connectivity index (χ1n) is 22.4. The molecule has 4 aliphatic rings. The molecular weight excluding hydrogens is 801 g/mol. The Morgan fingerprint density at radius 3 is 1.56 bits per heavy atom. The van der Waals surface area contributed by atoms with E-state index in [9.17, 15) is 19.2 Å². The first-order valence-corrected chi connectivity index (χ1v) is 22.4. The normalized spacial score (nSPS) is 20.0. The van der Waals surface area contributed by atoms with Crippen LogP contribution in [0.3, 0.4) is 0 Å². The van der Waals surface area contributed by atoms with E-state index in [0.717, 1.165) is 71.0 Å². The number of hydrogen-bond donors (Lipinski definition) is 4. The molecular formula is C47H58N10O6. The Morgan fingerprint density at radius 1 is 0.667 bits per heavy atom. The first kappa shape index (κ1) is 43.5. The van der Waals surface area contributed by atoms with E-state index in [0.29, 0.717) is 72.1 Å². The second kappa shape index (κ2) is 19.9. The lowest BCUT2D eigenvalue weighted by molar-refractivity contribution is -0.135. The van der Waals surface area contributed by atoms with Gasteiger partial charge in [-0.05, 0) is 73.4 Å². The van der Waals surface area contributed by atoms with Crippen molar-refractivity contribution in [2.45, 2.75) is 77.0 Å². The van der Waals surface area contributed by atoms with Crippen molar-refractivity contribution in [3.8, 4) is 34.4 Å². The van der Waals surface area contributed by atoms with Crippen molar-refractivity contribution >= 4 is 23.9 Å². The second-order valence-corrected chi connectivity index (χ2v) is 16.9. The number of benzene rings is 2. The van der Waals surface area contributed by atoms with Crippen LogP contribution in [0.15, 0.2) is 60.9 Å². The molecule has 8 rings (SSSR count). The van der Waals surface area contributed by atoms with Crippen molar-refractivity contribution in [3.63, 3.8) is 0 Å². The summed E-state index contributed by atoms with van der Waals surface area (Å²) in [5.74, 6) is 7.76. The molecule has 0 aliphatic carbocycles. The summed E-state index contributed by atoms with van der Waals surface area (Å²) >= 11 is 0. The molecule has 63 heavy (non-hydrogen) atoms. The van der Waals surface area contributed by atoms with Gasteiger partial charge in [0, 0.05) is 50.4 Å². The highest BCUT2D eigenvalue weighted by Gasteiger charge is 2.39. The zero-order chi connectivity index (χ0) is 43.9. The number of H-pyrrole nitrogens is 2. The molecule has 4 fully saturated rings. The number of morpholine rings is 2. The maximum atomic E-state index is 13.9. The summed E-state index contributed by atoms with van der Waals surface area (Å²) in [6, 6.07) is 13.9. The average molecular weight is 859 g/mol. The molecule has 6 amide bonds. The molecule has 0 bridgehead atoms. The van der Waals surface area contributed by atoms with Crippen molar-refractivity contribution in [2.24, 2.45) is 5.92 Å². The number of nitrogens with zero attached hydrogens (tertiary/aromatic N) is 6. The van der Waals surface area contributed by atoms with Gasteiger partial charge in [-0.3, -0.25) is 9.59 Å². The molecule has 6 heterocycles. The number of carbonyl (C=O) groups is 4. The van der Waals surface area contributed by atoms with Crippen molar-refractivity contribution < 1.29 is 28.7 Å². The van der Waals surface area contributed by atoms with E-state index in [-0.39, 0.29) is 41.9 Å². The Morgan fingerprint density at radius 2 is 1.11 bits per heavy atom. The molecule has 4 atom stereocenters. The molecule has 4 aliphatic heterocycles. The van der Waals surface area contributed by atoms with Crippen LogP contribution in [0, 0.1) is 17.8 Å². The third-order valence-corrected chi connectivity index (χ3v) is 12.4. The maximum Gasteiger partial charge on any atom is 0.318 e. The first-order chi connectivity index (χ1) is 30.7. The van der Waals surface area contributed by atoms with Gasteiger partial charge < -0.3 is 49.7 Å². The Balaban J connectivity index is 0.861. The smallest absolute Gasteiger partial charge is 0.318 e. The van der Waals surface area contributed by atoms with Crippen LogP contribution in [-0.2, 0) is 19.1 Å². The third kappa shape index (κ3) is 10.1. The number of amides is 6. The molecule has 0 unspecified atom stereocenters. The summed E-state index contributed by atoms with van der Waals surface area (Å²) in [6.07, 6.45) is 7.42. The van der Waals surface area contributed by atoms with E-state index in [1.165, 1.54) is 0 Å². The van der Waals surface area contributed by atoms with Crippen LogP contribution < -0.4 is 10.6 Å². The number of likely N-dealkylation sites (tertiary alicyclic amines) is 2. The SMILES string of the molecule is CC[C@H](NC(=O)N1CCOCC1)C(=O)N1CCC[C@H]1c1ncc(-c2ccc(C#Cc3ccc(-c4cnc([C@@H]5CCCN5C(=O)[C@@H](NC(=O)N5CCOCC5)C(C)C)[nH]4)cc3)cc2)[nH]1. The van der Waals surface area contributed by atoms with Gasteiger partial charge in [0.2, 0.25) is 11.8 Å². The standard InChI is InChI=1S/C47H58N10O6/c1-4-36(52-46(60)54-21-25-62-26-22-54)44(58)56-19-5-7-39(56)42-48-29-37(50-42)34-15-11-32(12-16-34)9-10-33-13-17-35(18-14-33)38-30-49-43(51-38)40-8-6-20-57(40)45(59)41(31(2)3)53-47(61)55-23-27-63-28-24-55/h11-18,29-31,36,39-41H,4-8,19-28H2,1-3H3,(H,48,50)(H,49,51)(H,52,60)(H,53,61)/t36-,39-,40-,41-/m0/s1. The van der Waals surface area contributed by atoms with E-state index in [2.05, 4.69) is 32.4 Å². The van der Waals surface area contributed by atoms with E-state index < -0.39 is 12.1 Å². The van der Waals surface area contributed by atoms with E-state index >= 15 is 0 Å². The molecule has 2 aromatic heterocycles. The van der Waals surface area contributed by atoms with Gasteiger partial charge >= 0.3 is 12.1 Å². The Bertz CT molecular complexity index is 2280. The highest BCUT2D eigenvalue weighted by Crippen LogP contribution is 2.34. The number of rotatable bonds is 10. The summed E-state index contributed by atoms with van der Waals surface area (Å²) in [7, 11) is 0. The van der Waals surface area contributed by atoms with Gasteiger partial charge in [0.25, 0.3) is 0 Å². The van der Waals surface area contributed by atoms with Crippen LogP contribution in [0.2, 0.25) is 0 Å². The number of nitrogens with one attached hydrogen (secondary N) is 4. The van der Waals surface area contributed by atoms with E-state index in [1.54, 1.807) is 16.0 Å². The van der Waals surface area contributed by atoms with Crippen molar-refractivity contribution in [3.05, 3.63) is 83.7 Å². The van der Waals surface area contributed by atoms with Gasteiger partial charge in [-0.2, -0.15) is 0 Å². The predicted octanol–water partition coefficient (Wildman–Crippen LogP) is 5.08. The average Bonchev–Trinajstić information content (AvgIpc) is 4.17. The lowest BCUT2D eigenvalue weighted by atomic mass is 10.0. The minimum absolute atomic E-state index is 0.0775. The van der Waals surface area contributed by atoms with Gasteiger partial charge in [0.05, 0.1) is 62.3 Å². The fourth-order valence-electron chi connectivity index (χ4n) is 8.77. The van der Waals surface area contributed by atoms with Crippen LogP contribution in [0.1, 0.15) is 87.7 Å². The lowest BCUT2D eigenvalue weighted by Crippen LogP contribution is -2.55. The number of imidazole rings is 2. The molecule has 4 saturated heterocycles. The number of aromatic nitrogens is 4. The van der Waals surface area contributed by atoms with Gasteiger partial charge in [-0.15, -0.1) is 0 Å². The quantitative estimate of drug-likeness (QED) is 0.160. The predicted molar refractivity (Wildman–Crippen MR) is 236 cm³/mol. The fourth-order valence-corrected chi connectivity index (χ4v) is 8.77. The van der Waals surface area contributed by atoms with Crippen LogP contribution in [0.25, 0.3) is 22.5 Å². The molecule has 16 nitrogen and oxygen atoms in total. The summed E-state index contributed by atoms with van der Waals surface area (Å²) in [6.45, 7) is 11.1. The highest BCUT2D eigenvalue weighted by molar-refractivity contribution is 5.88. The summed E-state index contributed by atoms with van der Waals surface area (Å²) in [4.78, 5) is 76.9. The summed E-state index contributed by atoms with van der Waals surface area (Å²) in [5.41, 5.74) is 5.37. The molecule has 16 heteroatoms. The Kier molecular flexibility index (Phi) is 13.7. The minimum atomic E-state index is -0.636. The van der Waals surface area contributed by atoms with Crippen LogP contribution >= 0.6 is 0 Å². The number of ether oxygens (including phenoxy) is 2. The zero-order valence-corrected chi connectivity index (χ0v) is 36.4. The Labute approximate surface area is 368 Å². The molecule has 332 valence electrons. The fraction of sp³-hybridized carbons (Fsp3) is 0.489. The number of urea groups is 2. The van der Waals surface area contributed by atoms with Crippen LogP contribution in [0.4, 0.5) is 9.59 Å². The van der Waals surface area contributed by atoms with Gasteiger partial charge in [-0.1, -0.05) is 56.9 Å². The molecule has 2 aromatic carbocycles. The van der Waals surface area contributed by atoms with Crippen LogP contribution in [-0.4, -0.2) is 141 Å². The summed E-state index contributed by atoms with van der Waals surface area (Å²) < 4.78 is 10.7. The minimum Gasteiger partial charge on any atom is -0.378 e. The lowest BCUT2D eigenvalue weighted by Gasteiger charge is -2.33. The highest BCUT2D eigenvalue weighted by atomic mass is 16.5. The van der Waals surface area contributed by atoms with Gasteiger partial charge in [0.1, 0.15) is 23.7 Å². The van der Waals surface area contributed by atoms with Crippen molar-refractivity contribution in [2.75, 3.05) is 65.7 Å².